The van der Waals surface area contributed by atoms with Gasteiger partial charge in [0.05, 0.1) is 5.38 Å². The molecule has 0 radical (unpaired) electrons. The van der Waals surface area contributed by atoms with Crippen LogP contribution in [-0.2, 0) is 9.59 Å². The first-order chi connectivity index (χ1) is 10.0. The number of hydrogen-bond donors (Lipinski definition) is 2. The molecule has 7 heteroatoms. The van der Waals surface area contributed by atoms with Crippen LogP contribution in [-0.4, -0.2) is 45.8 Å². The average Bonchev–Trinajstić information content (AvgIpc) is 2.40. The van der Waals surface area contributed by atoms with Crippen LogP contribution in [0.5, 0.6) is 0 Å². The van der Waals surface area contributed by atoms with E-state index in [2.05, 4.69) is 5.32 Å². The van der Waals surface area contributed by atoms with Crippen molar-refractivity contribution in [2.45, 2.75) is 49.9 Å². The van der Waals surface area contributed by atoms with Gasteiger partial charge in [-0.15, -0.1) is 23.2 Å². The Morgan fingerprint density at radius 2 is 1.95 bits per heavy atom. The van der Waals surface area contributed by atoms with Crippen LogP contribution in [0, 0.1) is 5.92 Å². The number of nitrogens with one attached hydrogen (secondary N) is 1. The first kappa shape index (κ1) is 18.9. The molecule has 1 unspecified atom stereocenters. The lowest BCUT2D eigenvalue weighted by Crippen LogP contribution is -2.38. The van der Waals surface area contributed by atoms with Gasteiger partial charge in [0, 0.05) is 36.3 Å². The van der Waals surface area contributed by atoms with Gasteiger partial charge in [0.2, 0.25) is 5.91 Å². The number of hydrogen-bond acceptors (Lipinski definition) is 3. The fraction of sp³-hybridized carbons (Fsp3) is 0.857. The molecule has 1 saturated carbocycles. The topological polar surface area (TPSA) is 66.4 Å². The fourth-order valence-electron chi connectivity index (χ4n) is 2.57. The van der Waals surface area contributed by atoms with Gasteiger partial charge in [-0.2, -0.15) is 11.8 Å². The van der Waals surface area contributed by atoms with Crippen molar-refractivity contribution in [1.82, 2.24) is 5.32 Å². The summed E-state index contributed by atoms with van der Waals surface area (Å²) in [7, 11) is 0. The molecule has 122 valence electrons. The summed E-state index contributed by atoms with van der Waals surface area (Å²) in [6, 6.07) is 0.168. The van der Waals surface area contributed by atoms with E-state index in [9.17, 15) is 9.59 Å². The van der Waals surface area contributed by atoms with Gasteiger partial charge in [-0.3, -0.25) is 9.59 Å². The number of halogens is 2. The molecule has 1 atom stereocenters. The molecule has 1 rings (SSSR count). The molecule has 1 aliphatic carbocycles. The number of alkyl halides is 2. The van der Waals surface area contributed by atoms with Gasteiger partial charge in [-0.25, -0.2) is 0 Å². The molecule has 21 heavy (non-hydrogen) atoms. The zero-order chi connectivity index (χ0) is 15.7. The average molecular weight is 356 g/mol. The number of amides is 1. The Labute approximate surface area is 140 Å². The smallest absolute Gasteiger partial charge is 0.303 e. The second-order valence-electron chi connectivity index (χ2n) is 5.45. The van der Waals surface area contributed by atoms with Crippen molar-refractivity contribution < 1.29 is 14.7 Å². The Balaban J connectivity index is 2.16. The number of carboxylic acids is 1. The fourth-order valence-corrected chi connectivity index (χ4v) is 3.95. The highest BCUT2D eigenvalue weighted by atomic mass is 35.5. The number of rotatable bonds is 9. The van der Waals surface area contributed by atoms with Crippen molar-refractivity contribution in [1.29, 1.82) is 0 Å². The van der Waals surface area contributed by atoms with E-state index >= 15 is 0 Å². The first-order valence-corrected chi connectivity index (χ1v) is 9.42. The second-order valence-corrected chi connectivity index (χ2v) is 7.59. The van der Waals surface area contributed by atoms with Crippen LogP contribution in [0.3, 0.4) is 0 Å². The number of thioether (sulfide) groups is 1. The maximum absolute atomic E-state index is 11.9. The summed E-state index contributed by atoms with van der Waals surface area (Å²) in [5.74, 6) is 1.68. The van der Waals surface area contributed by atoms with Crippen LogP contribution < -0.4 is 5.32 Å². The highest BCUT2D eigenvalue weighted by Crippen LogP contribution is 2.27. The van der Waals surface area contributed by atoms with E-state index in [1.807, 2.05) is 0 Å². The van der Waals surface area contributed by atoms with Gasteiger partial charge in [0.1, 0.15) is 0 Å². The maximum atomic E-state index is 11.9. The monoisotopic (exact) mass is 355 g/mol. The molecule has 0 heterocycles. The van der Waals surface area contributed by atoms with Crippen molar-refractivity contribution in [3.63, 3.8) is 0 Å². The Morgan fingerprint density at radius 1 is 1.29 bits per heavy atom. The van der Waals surface area contributed by atoms with Crippen LogP contribution in [0.4, 0.5) is 0 Å². The van der Waals surface area contributed by atoms with Crippen LogP contribution >= 0.6 is 35.0 Å². The summed E-state index contributed by atoms with van der Waals surface area (Å²) in [6.45, 7) is 0. The van der Waals surface area contributed by atoms with E-state index in [-0.39, 0.29) is 29.7 Å². The number of carboxylic acid groups (broad SMARTS) is 1. The third-order valence-corrected chi connectivity index (χ3v) is 5.64. The van der Waals surface area contributed by atoms with E-state index < -0.39 is 5.97 Å². The maximum Gasteiger partial charge on any atom is 0.303 e. The van der Waals surface area contributed by atoms with Gasteiger partial charge in [0.15, 0.2) is 0 Å². The van der Waals surface area contributed by atoms with Crippen molar-refractivity contribution in [2.75, 3.05) is 17.4 Å². The molecule has 1 amide bonds. The predicted molar refractivity (Wildman–Crippen MR) is 88.4 cm³/mol. The minimum atomic E-state index is -0.734. The van der Waals surface area contributed by atoms with Crippen LogP contribution in [0.1, 0.15) is 38.5 Å². The van der Waals surface area contributed by atoms with Gasteiger partial charge in [0.25, 0.3) is 0 Å². The second kappa shape index (κ2) is 10.6. The lowest BCUT2D eigenvalue weighted by atomic mass is 9.84. The summed E-state index contributed by atoms with van der Waals surface area (Å²) in [4.78, 5) is 22.6. The molecule has 0 bridgehead atoms. The Kier molecular flexibility index (Phi) is 9.52. The molecule has 0 aromatic heterocycles. The SMILES string of the molecule is O=C(O)CC1CCC(NC(=O)CC(Cl)CSCCCl)CC1. The molecule has 1 fully saturated rings. The summed E-state index contributed by atoms with van der Waals surface area (Å²) < 4.78 is 0. The molecule has 1 aliphatic rings. The van der Waals surface area contributed by atoms with Gasteiger partial charge < -0.3 is 10.4 Å². The van der Waals surface area contributed by atoms with Gasteiger partial charge in [-0.05, 0) is 31.6 Å². The minimum Gasteiger partial charge on any atom is -0.481 e. The first-order valence-electron chi connectivity index (χ1n) is 7.30. The van der Waals surface area contributed by atoms with Crippen LogP contribution in [0.25, 0.3) is 0 Å². The zero-order valence-corrected chi connectivity index (χ0v) is 14.4. The van der Waals surface area contributed by atoms with Crippen LogP contribution in [0.2, 0.25) is 0 Å². The molecular weight excluding hydrogens is 333 g/mol. The van der Waals surface area contributed by atoms with Gasteiger partial charge >= 0.3 is 5.97 Å². The van der Waals surface area contributed by atoms with E-state index in [1.165, 1.54) is 0 Å². The molecular formula is C14H23Cl2NO3S. The molecule has 4 nitrogen and oxygen atoms in total. The molecule has 0 aromatic carbocycles. The van der Waals surface area contributed by atoms with E-state index in [1.54, 1.807) is 11.8 Å². The molecule has 0 spiro atoms. The number of carbonyl (C=O) groups excluding carboxylic acids is 1. The largest absolute Gasteiger partial charge is 0.481 e. The number of carbonyl (C=O) groups is 2. The lowest BCUT2D eigenvalue weighted by molar-refractivity contribution is -0.138. The highest BCUT2D eigenvalue weighted by molar-refractivity contribution is 7.99. The molecule has 2 N–H and O–H groups in total. The standard InChI is InChI=1S/C14H23Cl2NO3S/c15-5-6-21-9-11(16)8-13(18)17-12-3-1-10(2-4-12)7-14(19)20/h10-12H,1-9H2,(H,17,18)(H,19,20). The zero-order valence-electron chi connectivity index (χ0n) is 12.0. The van der Waals surface area contributed by atoms with Crippen molar-refractivity contribution >= 4 is 46.8 Å². The number of aliphatic carboxylic acids is 1. The van der Waals surface area contributed by atoms with Crippen molar-refractivity contribution in [3.05, 3.63) is 0 Å². The molecule has 0 aromatic rings. The predicted octanol–water partition coefficient (Wildman–Crippen LogP) is 3.11. The quantitative estimate of drug-likeness (QED) is 0.492. The third-order valence-electron chi connectivity index (χ3n) is 3.60. The van der Waals surface area contributed by atoms with Crippen LogP contribution in [0.15, 0.2) is 0 Å². The van der Waals surface area contributed by atoms with E-state index in [4.69, 9.17) is 28.3 Å². The highest BCUT2D eigenvalue weighted by Gasteiger charge is 2.24. The Morgan fingerprint density at radius 3 is 2.52 bits per heavy atom. The Hall–Kier alpha value is -0.130. The van der Waals surface area contributed by atoms with E-state index in [0.29, 0.717) is 12.3 Å². The minimum absolute atomic E-state index is 0.0110. The Bertz CT molecular complexity index is 336. The summed E-state index contributed by atoms with van der Waals surface area (Å²) in [6.07, 6.45) is 4.02. The third kappa shape index (κ3) is 8.79. The molecule has 0 aliphatic heterocycles. The normalized spacial score (nSPS) is 23.5. The van der Waals surface area contributed by atoms with Gasteiger partial charge in [-0.1, -0.05) is 0 Å². The summed E-state index contributed by atoms with van der Waals surface area (Å²) in [5, 5.41) is 11.6. The molecule has 0 saturated heterocycles. The summed E-state index contributed by atoms with van der Waals surface area (Å²) >= 11 is 13.4. The van der Waals surface area contributed by atoms with Crippen molar-refractivity contribution in [3.8, 4) is 0 Å². The summed E-state index contributed by atoms with van der Waals surface area (Å²) in [5.41, 5.74) is 0. The van der Waals surface area contributed by atoms with E-state index in [0.717, 1.165) is 37.2 Å². The lowest BCUT2D eigenvalue weighted by Gasteiger charge is -2.28. The van der Waals surface area contributed by atoms with Crippen molar-refractivity contribution in [2.24, 2.45) is 5.92 Å².